The van der Waals surface area contributed by atoms with Gasteiger partial charge in [-0.05, 0) is 77.3 Å². The van der Waals surface area contributed by atoms with Gasteiger partial charge in [-0.1, -0.05) is 53.2 Å². The Hall–Kier alpha value is -2.54. The summed E-state index contributed by atoms with van der Waals surface area (Å²) >= 11 is 15.2. The molecule has 0 unspecified atom stereocenters. The van der Waals surface area contributed by atoms with Crippen molar-refractivity contribution in [2.24, 2.45) is 0 Å². The SMILES string of the molecule is CN(c1cccc(-c2csc(SCC(=O)NC3CCN(Cc4ccc(Cl)c(Cl)c4)CC3)n2)c1)[C@H]1COC(C)(C)N1C(=O)OC(C)(C)C. The Bertz CT molecular complexity index is 1570. The molecule has 0 radical (unpaired) electrons. The molecule has 13 heteroatoms. The number of hydrogen-bond acceptors (Lipinski definition) is 9. The normalized spacial score (nSPS) is 18.7. The first kappa shape index (κ1) is 35.8. The Labute approximate surface area is 295 Å². The van der Waals surface area contributed by atoms with Gasteiger partial charge in [0.05, 0.1) is 28.1 Å². The first-order valence-electron chi connectivity index (χ1n) is 15.7. The maximum Gasteiger partial charge on any atom is 0.414 e. The number of likely N-dealkylation sites (N-methyl/N-ethyl adjacent to an activating group) is 1. The van der Waals surface area contributed by atoms with E-state index in [2.05, 4.69) is 16.3 Å². The standard InChI is InChI=1S/C34H43Cl2N5O4S2/c1-33(2,3)45-32(43)41-30(19-44-34(41,4)5)39(6)25-9-7-8-23(17-25)28-20-46-31(38-28)47-21-29(42)37-24-12-14-40(15-13-24)18-22-10-11-26(35)27(36)16-22/h7-11,16-17,20,24,30H,12-15,18-19,21H2,1-6H3,(H,37,42)/t30-/m1/s1. The molecule has 2 amide bonds. The van der Waals surface area contributed by atoms with Crippen LogP contribution in [0.5, 0.6) is 0 Å². The summed E-state index contributed by atoms with van der Waals surface area (Å²) in [4.78, 5) is 36.9. The molecule has 2 aliphatic heterocycles. The number of halogens is 2. The van der Waals surface area contributed by atoms with Crippen molar-refractivity contribution in [2.75, 3.05) is 37.4 Å². The highest BCUT2D eigenvalue weighted by molar-refractivity contribution is 8.01. The molecular formula is C34H43Cl2N5O4S2. The van der Waals surface area contributed by atoms with Gasteiger partial charge in [0.15, 0.2) is 4.34 Å². The molecular weight excluding hydrogens is 677 g/mol. The fourth-order valence-electron chi connectivity index (χ4n) is 5.76. The Balaban J connectivity index is 1.12. The molecule has 3 aromatic rings. The summed E-state index contributed by atoms with van der Waals surface area (Å²) < 4.78 is 12.6. The van der Waals surface area contributed by atoms with Gasteiger partial charge >= 0.3 is 6.09 Å². The number of hydrogen-bond donors (Lipinski definition) is 1. The number of amides is 2. The van der Waals surface area contributed by atoms with E-state index in [-0.39, 0.29) is 18.1 Å². The van der Waals surface area contributed by atoms with Crippen molar-refractivity contribution in [1.29, 1.82) is 0 Å². The highest BCUT2D eigenvalue weighted by Gasteiger charge is 2.47. The van der Waals surface area contributed by atoms with E-state index in [1.54, 1.807) is 4.90 Å². The topological polar surface area (TPSA) is 87.2 Å². The maximum atomic E-state index is 13.2. The summed E-state index contributed by atoms with van der Waals surface area (Å²) in [7, 11) is 1.95. The molecule has 2 aromatic carbocycles. The van der Waals surface area contributed by atoms with E-state index in [1.807, 2.05) is 88.3 Å². The van der Waals surface area contributed by atoms with Crippen LogP contribution in [-0.4, -0.2) is 82.8 Å². The van der Waals surface area contributed by atoms with Gasteiger partial charge in [0.25, 0.3) is 0 Å². The van der Waals surface area contributed by atoms with Crippen molar-refractivity contribution in [1.82, 2.24) is 20.1 Å². The number of aromatic nitrogens is 1. The van der Waals surface area contributed by atoms with Crippen LogP contribution in [0, 0.1) is 0 Å². The van der Waals surface area contributed by atoms with Crippen LogP contribution < -0.4 is 10.2 Å². The molecule has 3 heterocycles. The van der Waals surface area contributed by atoms with E-state index in [9.17, 15) is 9.59 Å². The molecule has 9 nitrogen and oxygen atoms in total. The monoisotopic (exact) mass is 719 g/mol. The molecule has 0 aliphatic carbocycles. The minimum absolute atomic E-state index is 0.0227. The summed E-state index contributed by atoms with van der Waals surface area (Å²) in [6.07, 6.45) is 1.06. The van der Waals surface area contributed by atoms with Crippen molar-refractivity contribution >= 4 is 64.0 Å². The summed E-state index contributed by atoms with van der Waals surface area (Å²) in [5.41, 5.74) is 2.43. The predicted octanol–water partition coefficient (Wildman–Crippen LogP) is 7.76. The molecule has 47 heavy (non-hydrogen) atoms. The van der Waals surface area contributed by atoms with Crippen LogP contribution in [0.25, 0.3) is 11.3 Å². The average molecular weight is 721 g/mol. The van der Waals surface area contributed by atoms with E-state index < -0.39 is 17.4 Å². The molecule has 1 atom stereocenters. The molecule has 1 N–H and O–H groups in total. The molecule has 2 aliphatic rings. The summed E-state index contributed by atoms with van der Waals surface area (Å²) in [5, 5.41) is 6.35. The lowest BCUT2D eigenvalue weighted by Gasteiger charge is -2.38. The minimum Gasteiger partial charge on any atom is -0.444 e. The predicted molar refractivity (Wildman–Crippen MR) is 191 cm³/mol. The fraction of sp³-hybridized carbons (Fsp3) is 0.500. The second kappa shape index (κ2) is 14.9. The van der Waals surface area contributed by atoms with E-state index >= 15 is 0 Å². The lowest BCUT2D eigenvalue weighted by Crippen LogP contribution is -2.55. The molecule has 0 bridgehead atoms. The fourth-order valence-corrected chi connectivity index (χ4v) is 7.73. The molecule has 2 saturated heterocycles. The van der Waals surface area contributed by atoms with Crippen LogP contribution >= 0.6 is 46.3 Å². The van der Waals surface area contributed by atoms with Crippen molar-refractivity contribution in [2.45, 2.75) is 81.9 Å². The number of thiazole rings is 1. The third-order valence-corrected chi connectivity index (χ3v) is 11.0. The number of nitrogens with one attached hydrogen (secondary N) is 1. The number of ether oxygens (including phenoxy) is 2. The Kier molecular flexibility index (Phi) is 11.4. The second-order valence-corrected chi connectivity index (χ2v) is 16.3. The van der Waals surface area contributed by atoms with Crippen molar-refractivity contribution in [3.8, 4) is 11.3 Å². The average Bonchev–Trinajstić information content (AvgIpc) is 3.61. The van der Waals surface area contributed by atoms with E-state index in [0.29, 0.717) is 22.4 Å². The zero-order valence-electron chi connectivity index (χ0n) is 27.7. The molecule has 0 spiro atoms. The smallest absolute Gasteiger partial charge is 0.414 e. The van der Waals surface area contributed by atoms with E-state index in [1.165, 1.54) is 23.1 Å². The van der Waals surface area contributed by atoms with Crippen LogP contribution in [0.15, 0.2) is 52.2 Å². The molecule has 5 rings (SSSR count). The minimum atomic E-state index is -0.809. The van der Waals surface area contributed by atoms with E-state index in [0.717, 1.165) is 59.3 Å². The number of likely N-dealkylation sites (tertiary alicyclic amines) is 1. The Morgan fingerprint density at radius 3 is 2.60 bits per heavy atom. The largest absolute Gasteiger partial charge is 0.444 e. The van der Waals surface area contributed by atoms with Gasteiger partial charge in [-0.25, -0.2) is 9.78 Å². The Morgan fingerprint density at radius 1 is 1.15 bits per heavy atom. The number of carbonyl (C=O) groups excluding carboxylic acids is 2. The second-order valence-electron chi connectivity index (χ2n) is 13.4. The highest BCUT2D eigenvalue weighted by Crippen LogP contribution is 2.35. The molecule has 2 fully saturated rings. The van der Waals surface area contributed by atoms with Crippen LogP contribution in [0.2, 0.25) is 10.0 Å². The van der Waals surface area contributed by atoms with Gasteiger partial charge in [0, 0.05) is 49.4 Å². The molecule has 1 aromatic heterocycles. The van der Waals surface area contributed by atoms with Crippen molar-refractivity contribution in [3.05, 3.63) is 63.5 Å². The number of rotatable bonds is 9. The van der Waals surface area contributed by atoms with Gasteiger partial charge < -0.3 is 19.7 Å². The molecule has 0 saturated carbocycles. The van der Waals surface area contributed by atoms with Gasteiger partial charge in [-0.15, -0.1) is 11.3 Å². The zero-order chi connectivity index (χ0) is 33.9. The quantitative estimate of drug-likeness (QED) is 0.225. The van der Waals surface area contributed by atoms with Crippen LogP contribution in [-0.2, 0) is 20.8 Å². The zero-order valence-corrected chi connectivity index (χ0v) is 30.9. The number of thioether (sulfide) groups is 1. The molecule has 254 valence electrons. The Morgan fingerprint density at radius 2 is 1.89 bits per heavy atom. The number of nitrogens with zero attached hydrogens (tertiary/aromatic N) is 4. The summed E-state index contributed by atoms with van der Waals surface area (Å²) in [5.74, 6) is 0.339. The third kappa shape index (κ3) is 9.33. The lowest BCUT2D eigenvalue weighted by atomic mass is 10.0. The van der Waals surface area contributed by atoms with Gasteiger partial charge in [-0.3, -0.25) is 14.6 Å². The van der Waals surface area contributed by atoms with Gasteiger partial charge in [0.1, 0.15) is 17.5 Å². The first-order valence-corrected chi connectivity index (χ1v) is 18.3. The number of benzene rings is 2. The third-order valence-electron chi connectivity index (χ3n) is 8.20. The lowest BCUT2D eigenvalue weighted by molar-refractivity contribution is -0.119. The first-order chi connectivity index (χ1) is 22.2. The van der Waals surface area contributed by atoms with Crippen LogP contribution in [0.1, 0.15) is 53.0 Å². The van der Waals surface area contributed by atoms with Crippen molar-refractivity contribution < 1.29 is 19.1 Å². The summed E-state index contributed by atoms with van der Waals surface area (Å²) in [6, 6.07) is 14.0. The van der Waals surface area contributed by atoms with Crippen molar-refractivity contribution in [3.63, 3.8) is 0 Å². The number of piperidine rings is 1. The van der Waals surface area contributed by atoms with Gasteiger partial charge in [-0.2, -0.15) is 0 Å². The van der Waals surface area contributed by atoms with Gasteiger partial charge in [0.2, 0.25) is 5.91 Å². The number of anilines is 1. The van der Waals surface area contributed by atoms with E-state index in [4.69, 9.17) is 37.7 Å². The summed E-state index contributed by atoms with van der Waals surface area (Å²) in [6.45, 7) is 12.3. The number of carbonyl (C=O) groups is 2. The van der Waals surface area contributed by atoms with Crippen LogP contribution in [0.3, 0.4) is 0 Å². The maximum absolute atomic E-state index is 13.2. The highest BCUT2D eigenvalue weighted by atomic mass is 35.5. The van der Waals surface area contributed by atoms with Crippen LogP contribution in [0.4, 0.5) is 10.5 Å².